The second-order valence-electron chi connectivity index (χ2n) is 4.71. The minimum atomic E-state index is 0.414. The third-order valence-corrected chi connectivity index (χ3v) is 3.48. The first-order chi connectivity index (χ1) is 9.36. The number of ether oxygens (including phenoxy) is 1. The monoisotopic (exact) mass is 259 g/mol. The maximum atomic E-state index is 5.36. The van der Waals surface area contributed by atoms with Crippen LogP contribution in [0.1, 0.15) is 24.6 Å². The van der Waals surface area contributed by atoms with E-state index in [0.29, 0.717) is 11.8 Å². The lowest BCUT2D eigenvalue weighted by molar-refractivity contribution is 0.392. The van der Waals surface area contributed by atoms with Gasteiger partial charge in [-0.25, -0.2) is 0 Å². The van der Waals surface area contributed by atoms with E-state index in [-0.39, 0.29) is 0 Å². The number of aromatic nitrogens is 2. The Labute approximate surface area is 112 Å². The van der Waals surface area contributed by atoms with E-state index in [0.717, 1.165) is 43.1 Å². The molecule has 1 fully saturated rings. The predicted molar refractivity (Wildman–Crippen MR) is 71.1 cm³/mol. The largest absolute Gasteiger partial charge is 0.497 e. The van der Waals surface area contributed by atoms with Crippen molar-refractivity contribution in [3.8, 4) is 17.2 Å². The lowest BCUT2D eigenvalue weighted by atomic mass is 9.98. The van der Waals surface area contributed by atoms with E-state index >= 15 is 0 Å². The summed E-state index contributed by atoms with van der Waals surface area (Å²) in [4.78, 5) is 4.51. The highest BCUT2D eigenvalue weighted by Crippen LogP contribution is 2.26. The van der Waals surface area contributed by atoms with Crippen LogP contribution < -0.4 is 10.1 Å². The van der Waals surface area contributed by atoms with Gasteiger partial charge in [0.25, 0.3) is 5.89 Å². The highest BCUT2D eigenvalue weighted by Gasteiger charge is 2.21. The number of hydrogen-bond donors (Lipinski definition) is 1. The summed E-state index contributed by atoms with van der Waals surface area (Å²) in [5, 5.41) is 7.45. The van der Waals surface area contributed by atoms with E-state index in [1.807, 2.05) is 24.3 Å². The molecule has 1 aliphatic heterocycles. The van der Waals surface area contributed by atoms with Gasteiger partial charge < -0.3 is 14.6 Å². The third kappa shape index (κ3) is 2.61. The summed E-state index contributed by atoms with van der Waals surface area (Å²) in [5.74, 6) is 2.64. The molecule has 19 heavy (non-hydrogen) atoms. The SMILES string of the molecule is COc1ccc(-c2nc(C3CCNCC3)no2)cc1. The van der Waals surface area contributed by atoms with Crippen molar-refractivity contribution < 1.29 is 9.26 Å². The highest BCUT2D eigenvalue weighted by molar-refractivity contribution is 5.54. The fourth-order valence-electron chi connectivity index (χ4n) is 2.33. The molecule has 100 valence electrons. The van der Waals surface area contributed by atoms with Gasteiger partial charge in [0.1, 0.15) is 5.75 Å². The van der Waals surface area contributed by atoms with Crippen molar-refractivity contribution in [3.05, 3.63) is 30.1 Å². The van der Waals surface area contributed by atoms with Gasteiger partial charge in [0.05, 0.1) is 7.11 Å². The smallest absolute Gasteiger partial charge is 0.257 e. The highest BCUT2D eigenvalue weighted by atomic mass is 16.5. The zero-order valence-corrected chi connectivity index (χ0v) is 10.9. The van der Waals surface area contributed by atoms with Crippen LogP contribution >= 0.6 is 0 Å². The minimum Gasteiger partial charge on any atom is -0.497 e. The Morgan fingerprint density at radius 2 is 1.95 bits per heavy atom. The molecule has 0 amide bonds. The second-order valence-corrected chi connectivity index (χ2v) is 4.71. The third-order valence-electron chi connectivity index (χ3n) is 3.48. The Balaban J connectivity index is 1.79. The molecular formula is C14H17N3O2. The molecule has 0 spiro atoms. The van der Waals surface area contributed by atoms with Crippen LogP contribution in [0.25, 0.3) is 11.5 Å². The molecule has 0 unspecified atom stereocenters. The van der Waals surface area contributed by atoms with E-state index in [4.69, 9.17) is 9.26 Å². The van der Waals surface area contributed by atoms with Gasteiger partial charge in [-0.15, -0.1) is 0 Å². The Morgan fingerprint density at radius 3 is 2.63 bits per heavy atom. The number of nitrogens with one attached hydrogen (secondary N) is 1. The van der Waals surface area contributed by atoms with Gasteiger partial charge in [-0.2, -0.15) is 4.98 Å². The summed E-state index contributed by atoms with van der Waals surface area (Å²) in [5.41, 5.74) is 0.925. The Hall–Kier alpha value is -1.88. The summed E-state index contributed by atoms with van der Waals surface area (Å²) in [6.45, 7) is 2.05. The van der Waals surface area contributed by atoms with Crippen LogP contribution in [0.3, 0.4) is 0 Å². The average molecular weight is 259 g/mol. The lowest BCUT2D eigenvalue weighted by Crippen LogP contribution is -2.27. The Bertz CT molecular complexity index is 530. The summed E-state index contributed by atoms with van der Waals surface area (Å²) in [6.07, 6.45) is 2.14. The van der Waals surface area contributed by atoms with Crippen molar-refractivity contribution in [2.75, 3.05) is 20.2 Å². The van der Waals surface area contributed by atoms with E-state index < -0.39 is 0 Å². The van der Waals surface area contributed by atoms with E-state index in [1.165, 1.54) is 0 Å². The van der Waals surface area contributed by atoms with Crippen LogP contribution in [0.5, 0.6) is 5.75 Å². The van der Waals surface area contributed by atoms with Crippen molar-refractivity contribution in [2.24, 2.45) is 0 Å². The number of methoxy groups -OCH3 is 1. The molecule has 5 nitrogen and oxygen atoms in total. The first-order valence-electron chi connectivity index (χ1n) is 6.55. The van der Waals surface area contributed by atoms with Gasteiger partial charge in [-0.1, -0.05) is 5.16 Å². The number of hydrogen-bond acceptors (Lipinski definition) is 5. The van der Waals surface area contributed by atoms with Crippen LogP contribution in [0.2, 0.25) is 0 Å². The van der Waals surface area contributed by atoms with Gasteiger partial charge >= 0.3 is 0 Å². The minimum absolute atomic E-state index is 0.414. The van der Waals surface area contributed by atoms with Crippen molar-refractivity contribution in [1.82, 2.24) is 15.5 Å². The van der Waals surface area contributed by atoms with Crippen LogP contribution in [0, 0.1) is 0 Å². The van der Waals surface area contributed by atoms with Crippen molar-refractivity contribution in [3.63, 3.8) is 0 Å². The second kappa shape index (κ2) is 5.40. The number of nitrogens with zero attached hydrogens (tertiary/aromatic N) is 2. The zero-order valence-electron chi connectivity index (χ0n) is 10.9. The van der Waals surface area contributed by atoms with Gasteiger partial charge in [-0.05, 0) is 50.2 Å². The molecule has 0 radical (unpaired) electrons. The topological polar surface area (TPSA) is 60.2 Å². The fraction of sp³-hybridized carbons (Fsp3) is 0.429. The zero-order chi connectivity index (χ0) is 13.1. The molecule has 1 aromatic carbocycles. The molecule has 1 N–H and O–H groups in total. The van der Waals surface area contributed by atoms with E-state index in [2.05, 4.69) is 15.5 Å². The summed E-state index contributed by atoms with van der Waals surface area (Å²) < 4.78 is 10.5. The first kappa shape index (κ1) is 12.2. The van der Waals surface area contributed by atoms with Crippen molar-refractivity contribution in [1.29, 1.82) is 0 Å². The number of benzene rings is 1. The summed E-state index contributed by atoms with van der Waals surface area (Å²) >= 11 is 0. The predicted octanol–water partition coefficient (Wildman–Crippen LogP) is 2.21. The van der Waals surface area contributed by atoms with Gasteiger partial charge in [0.15, 0.2) is 5.82 Å². The molecule has 0 atom stereocenters. The van der Waals surface area contributed by atoms with Crippen LogP contribution in [0.15, 0.2) is 28.8 Å². The van der Waals surface area contributed by atoms with Crippen LogP contribution in [-0.2, 0) is 0 Å². The molecule has 0 saturated carbocycles. The molecule has 2 heterocycles. The molecule has 5 heteroatoms. The van der Waals surface area contributed by atoms with Crippen molar-refractivity contribution in [2.45, 2.75) is 18.8 Å². The van der Waals surface area contributed by atoms with Crippen LogP contribution in [0.4, 0.5) is 0 Å². The maximum absolute atomic E-state index is 5.36. The molecule has 0 aliphatic carbocycles. The molecule has 1 aromatic heterocycles. The quantitative estimate of drug-likeness (QED) is 0.915. The summed E-state index contributed by atoms with van der Waals surface area (Å²) in [7, 11) is 1.65. The lowest BCUT2D eigenvalue weighted by Gasteiger charge is -2.18. The van der Waals surface area contributed by atoms with Gasteiger partial charge in [-0.3, -0.25) is 0 Å². The first-order valence-corrected chi connectivity index (χ1v) is 6.55. The molecule has 1 saturated heterocycles. The number of rotatable bonds is 3. The normalized spacial score (nSPS) is 16.5. The standard InChI is InChI=1S/C14H17N3O2/c1-18-12-4-2-11(3-5-12)14-16-13(17-19-14)10-6-8-15-9-7-10/h2-5,10,15H,6-9H2,1H3. The van der Waals surface area contributed by atoms with Crippen LogP contribution in [-0.4, -0.2) is 30.3 Å². The van der Waals surface area contributed by atoms with Crippen molar-refractivity contribution >= 4 is 0 Å². The van der Waals surface area contributed by atoms with E-state index in [9.17, 15) is 0 Å². The molecule has 0 bridgehead atoms. The fourth-order valence-corrected chi connectivity index (χ4v) is 2.33. The van der Waals surface area contributed by atoms with Gasteiger partial charge in [0, 0.05) is 11.5 Å². The van der Waals surface area contributed by atoms with E-state index in [1.54, 1.807) is 7.11 Å². The summed E-state index contributed by atoms with van der Waals surface area (Å²) in [6, 6.07) is 7.64. The molecule has 2 aromatic rings. The number of piperidine rings is 1. The average Bonchev–Trinajstić information content (AvgIpc) is 2.98. The Kier molecular flexibility index (Phi) is 3.46. The molecular weight excluding hydrogens is 242 g/mol. The maximum Gasteiger partial charge on any atom is 0.257 e. The van der Waals surface area contributed by atoms with Gasteiger partial charge in [0.2, 0.25) is 0 Å². The molecule has 3 rings (SSSR count). The Morgan fingerprint density at radius 1 is 1.21 bits per heavy atom. The molecule has 1 aliphatic rings.